The fourth-order valence-corrected chi connectivity index (χ4v) is 3.55. The standard InChI is InChI=1S/C19H16F3N3O3S/c1-28-16-7-5-13(6-8-16)18-10-15(23-12-24-18)11-25-29(26,27)17-4-2-3-14(9-17)19(20,21)22/h2-10,12,25H,11H2,1H3. The summed E-state index contributed by atoms with van der Waals surface area (Å²) in [6, 6.07) is 12.2. The number of sulfonamides is 1. The van der Waals surface area contributed by atoms with Crippen LogP contribution < -0.4 is 9.46 Å². The van der Waals surface area contributed by atoms with E-state index < -0.39 is 26.7 Å². The molecule has 0 atom stereocenters. The molecule has 1 heterocycles. The zero-order valence-electron chi connectivity index (χ0n) is 15.1. The van der Waals surface area contributed by atoms with Gasteiger partial charge >= 0.3 is 6.18 Å². The van der Waals surface area contributed by atoms with Crippen molar-refractivity contribution in [1.82, 2.24) is 14.7 Å². The predicted octanol–water partition coefficient (Wildman–Crippen LogP) is 3.65. The lowest BCUT2D eigenvalue weighted by Crippen LogP contribution is -2.24. The molecule has 0 saturated carbocycles. The van der Waals surface area contributed by atoms with Crippen LogP contribution in [-0.4, -0.2) is 25.5 Å². The van der Waals surface area contributed by atoms with Crippen molar-refractivity contribution in [3.63, 3.8) is 0 Å². The Labute approximate surface area is 165 Å². The first-order valence-corrected chi connectivity index (χ1v) is 9.79. The van der Waals surface area contributed by atoms with Gasteiger partial charge in [0, 0.05) is 5.56 Å². The maximum atomic E-state index is 12.8. The molecule has 29 heavy (non-hydrogen) atoms. The maximum absolute atomic E-state index is 12.8. The van der Waals surface area contributed by atoms with Gasteiger partial charge in [0.25, 0.3) is 0 Å². The van der Waals surface area contributed by atoms with E-state index in [1.807, 2.05) is 0 Å². The molecule has 6 nitrogen and oxygen atoms in total. The van der Waals surface area contributed by atoms with Crippen LogP contribution in [0.2, 0.25) is 0 Å². The van der Waals surface area contributed by atoms with Gasteiger partial charge in [0.2, 0.25) is 10.0 Å². The fourth-order valence-electron chi connectivity index (χ4n) is 2.51. The van der Waals surface area contributed by atoms with E-state index >= 15 is 0 Å². The first-order chi connectivity index (χ1) is 13.7. The van der Waals surface area contributed by atoms with Crippen LogP contribution in [0.3, 0.4) is 0 Å². The molecular weight excluding hydrogens is 407 g/mol. The highest BCUT2D eigenvalue weighted by atomic mass is 32.2. The molecule has 0 saturated heterocycles. The van der Waals surface area contributed by atoms with Crippen LogP contribution in [0.25, 0.3) is 11.3 Å². The third kappa shape index (κ3) is 5.09. The SMILES string of the molecule is COc1ccc(-c2cc(CNS(=O)(=O)c3cccc(C(F)(F)F)c3)ncn2)cc1. The summed E-state index contributed by atoms with van der Waals surface area (Å²) < 4.78 is 70.6. The third-order valence-electron chi connectivity index (χ3n) is 4.02. The number of aromatic nitrogens is 2. The van der Waals surface area contributed by atoms with E-state index in [1.165, 1.54) is 6.33 Å². The summed E-state index contributed by atoms with van der Waals surface area (Å²) in [6.07, 6.45) is -3.35. The summed E-state index contributed by atoms with van der Waals surface area (Å²) in [6.45, 7) is -0.204. The second kappa shape index (κ2) is 8.18. The van der Waals surface area contributed by atoms with Crippen molar-refractivity contribution < 1.29 is 26.3 Å². The molecule has 2 aromatic carbocycles. The molecular formula is C19H16F3N3O3S. The van der Waals surface area contributed by atoms with Gasteiger partial charge in [0.1, 0.15) is 12.1 Å². The van der Waals surface area contributed by atoms with Crippen LogP contribution in [0, 0.1) is 0 Å². The number of nitrogens with one attached hydrogen (secondary N) is 1. The lowest BCUT2D eigenvalue weighted by atomic mass is 10.1. The molecule has 10 heteroatoms. The number of halogens is 3. The number of benzene rings is 2. The molecule has 3 rings (SSSR count). The quantitative estimate of drug-likeness (QED) is 0.655. The second-order valence-corrected chi connectivity index (χ2v) is 7.74. The molecule has 1 aromatic heterocycles. The largest absolute Gasteiger partial charge is 0.497 e. The minimum atomic E-state index is -4.63. The maximum Gasteiger partial charge on any atom is 0.416 e. The summed E-state index contributed by atoms with van der Waals surface area (Å²) in [4.78, 5) is 7.69. The van der Waals surface area contributed by atoms with Gasteiger partial charge in [-0.25, -0.2) is 23.1 Å². The topological polar surface area (TPSA) is 81.2 Å². The highest BCUT2D eigenvalue weighted by Crippen LogP contribution is 2.30. The van der Waals surface area contributed by atoms with E-state index in [1.54, 1.807) is 37.4 Å². The molecule has 1 N–H and O–H groups in total. The summed E-state index contributed by atoms with van der Waals surface area (Å²) in [5.41, 5.74) is 0.664. The molecule has 0 fully saturated rings. The molecule has 0 radical (unpaired) electrons. The number of rotatable bonds is 6. The summed E-state index contributed by atoms with van der Waals surface area (Å²) >= 11 is 0. The summed E-state index contributed by atoms with van der Waals surface area (Å²) in [5, 5.41) is 0. The molecule has 0 aliphatic rings. The van der Waals surface area contributed by atoms with E-state index in [2.05, 4.69) is 14.7 Å². The van der Waals surface area contributed by atoms with Gasteiger partial charge in [0.05, 0.1) is 35.5 Å². The van der Waals surface area contributed by atoms with Gasteiger partial charge in [0.15, 0.2) is 0 Å². The lowest BCUT2D eigenvalue weighted by Gasteiger charge is -2.10. The molecule has 3 aromatic rings. The van der Waals surface area contributed by atoms with Crippen molar-refractivity contribution in [3.8, 4) is 17.0 Å². The Kier molecular flexibility index (Phi) is 5.85. The highest BCUT2D eigenvalue weighted by molar-refractivity contribution is 7.89. The first-order valence-electron chi connectivity index (χ1n) is 8.31. The van der Waals surface area contributed by atoms with Crippen LogP contribution in [0.15, 0.2) is 65.8 Å². The van der Waals surface area contributed by atoms with E-state index in [-0.39, 0.29) is 6.54 Å². The van der Waals surface area contributed by atoms with Crippen LogP contribution in [0.4, 0.5) is 13.2 Å². The average molecular weight is 423 g/mol. The van der Waals surface area contributed by atoms with Gasteiger partial charge < -0.3 is 4.74 Å². The molecule has 0 amide bonds. The molecule has 152 valence electrons. The number of hydrogen-bond acceptors (Lipinski definition) is 5. The van der Waals surface area contributed by atoms with Crippen molar-refractivity contribution in [1.29, 1.82) is 0 Å². The predicted molar refractivity (Wildman–Crippen MR) is 99.5 cm³/mol. The second-order valence-electron chi connectivity index (χ2n) is 5.97. The Hall–Kier alpha value is -2.98. The Bertz CT molecular complexity index is 1100. The van der Waals surface area contributed by atoms with Crippen LogP contribution in [0.1, 0.15) is 11.3 Å². The molecule has 0 spiro atoms. The summed E-state index contributed by atoms with van der Waals surface area (Å²) in [7, 11) is -2.60. The van der Waals surface area contributed by atoms with Gasteiger partial charge in [-0.05, 0) is 48.5 Å². The molecule has 0 bridgehead atoms. The number of ether oxygens (including phenoxy) is 1. The number of hydrogen-bond donors (Lipinski definition) is 1. The van der Waals surface area contributed by atoms with Crippen molar-refractivity contribution >= 4 is 10.0 Å². The fraction of sp³-hybridized carbons (Fsp3) is 0.158. The minimum absolute atomic E-state index is 0.204. The number of nitrogens with zero attached hydrogens (tertiary/aromatic N) is 2. The van der Waals surface area contributed by atoms with Gasteiger partial charge in [-0.2, -0.15) is 13.2 Å². The van der Waals surface area contributed by atoms with Crippen molar-refractivity contribution in [3.05, 3.63) is 72.2 Å². The minimum Gasteiger partial charge on any atom is -0.497 e. The monoisotopic (exact) mass is 423 g/mol. The van der Waals surface area contributed by atoms with E-state index in [0.717, 1.165) is 23.8 Å². The van der Waals surface area contributed by atoms with Crippen molar-refractivity contribution in [2.45, 2.75) is 17.6 Å². The van der Waals surface area contributed by atoms with Crippen molar-refractivity contribution in [2.24, 2.45) is 0 Å². The number of alkyl halides is 3. The van der Waals surface area contributed by atoms with Gasteiger partial charge in [-0.15, -0.1) is 0 Å². The number of methoxy groups -OCH3 is 1. The Morgan fingerprint density at radius 3 is 2.41 bits per heavy atom. The van der Waals surface area contributed by atoms with Crippen LogP contribution >= 0.6 is 0 Å². The average Bonchev–Trinajstić information content (AvgIpc) is 2.72. The zero-order valence-corrected chi connectivity index (χ0v) is 16.0. The Morgan fingerprint density at radius 1 is 1.03 bits per heavy atom. The van der Waals surface area contributed by atoms with Gasteiger partial charge in [-0.1, -0.05) is 6.07 Å². The molecule has 0 unspecified atom stereocenters. The van der Waals surface area contributed by atoms with Crippen LogP contribution in [0.5, 0.6) is 5.75 Å². The summed E-state index contributed by atoms with van der Waals surface area (Å²) in [5.74, 6) is 0.678. The lowest BCUT2D eigenvalue weighted by molar-refractivity contribution is -0.137. The highest BCUT2D eigenvalue weighted by Gasteiger charge is 2.31. The van der Waals surface area contributed by atoms with E-state index in [4.69, 9.17) is 4.74 Å². The first kappa shape index (κ1) is 20.7. The van der Waals surface area contributed by atoms with Crippen molar-refractivity contribution in [2.75, 3.05) is 7.11 Å². The van der Waals surface area contributed by atoms with E-state index in [9.17, 15) is 21.6 Å². The molecule has 0 aliphatic carbocycles. The third-order valence-corrected chi connectivity index (χ3v) is 5.42. The molecule has 0 aliphatic heterocycles. The Balaban J connectivity index is 1.77. The zero-order chi connectivity index (χ0) is 21.1. The smallest absolute Gasteiger partial charge is 0.416 e. The normalized spacial score (nSPS) is 12.0. The van der Waals surface area contributed by atoms with Crippen LogP contribution in [-0.2, 0) is 22.7 Å². The van der Waals surface area contributed by atoms with E-state index in [0.29, 0.717) is 23.2 Å². The Morgan fingerprint density at radius 2 is 1.76 bits per heavy atom. The van der Waals surface area contributed by atoms with Gasteiger partial charge in [-0.3, -0.25) is 0 Å².